The summed E-state index contributed by atoms with van der Waals surface area (Å²) in [5.74, 6) is 1.36. The van der Waals surface area contributed by atoms with Crippen LogP contribution in [0.5, 0.6) is 11.5 Å². The quantitative estimate of drug-likeness (QED) is 0.878. The van der Waals surface area contributed by atoms with Crippen molar-refractivity contribution in [2.45, 2.75) is 25.9 Å². The van der Waals surface area contributed by atoms with Crippen molar-refractivity contribution in [2.75, 3.05) is 25.7 Å². The highest BCUT2D eigenvalue weighted by Gasteiger charge is 2.27. The third-order valence-corrected chi connectivity index (χ3v) is 4.68. The number of amides is 1. The Morgan fingerprint density at radius 1 is 1.16 bits per heavy atom. The minimum absolute atomic E-state index is 0.0199. The molecule has 1 unspecified atom stereocenters. The van der Waals surface area contributed by atoms with Crippen LogP contribution in [0, 0.1) is 0 Å². The number of fused-ring (bicyclic) bond motifs is 1. The summed E-state index contributed by atoms with van der Waals surface area (Å²) in [5.41, 5.74) is 3.44. The highest BCUT2D eigenvalue weighted by Crippen LogP contribution is 2.29. The molecule has 2 aromatic rings. The Labute approximate surface area is 148 Å². The molecule has 5 heteroatoms. The standard InChI is InChI=1S/C20H24N2O3/c1-14(22-11-10-16-6-4-5-7-17(16)22)20(23)21-13-15-8-9-18(24-2)19(12-15)25-3/h4-9,12,14H,10-11,13H2,1-3H3,(H,21,23). The van der Waals surface area contributed by atoms with Crippen LogP contribution in [0.25, 0.3) is 0 Å². The maximum atomic E-state index is 12.6. The molecule has 3 rings (SSSR count). The summed E-state index contributed by atoms with van der Waals surface area (Å²) in [7, 11) is 3.21. The highest BCUT2D eigenvalue weighted by atomic mass is 16.5. The lowest BCUT2D eigenvalue weighted by Gasteiger charge is -2.26. The lowest BCUT2D eigenvalue weighted by Crippen LogP contribution is -2.44. The molecule has 0 aliphatic carbocycles. The molecule has 1 amide bonds. The molecule has 25 heavy (non-hydrogen) atoms. The first kappa shape index (κ1) is 17.1. The van der Waals surface area contributed by atoms with Crippen LogP contribution in [0.3, 0.4) is 0 Å². The van der Waals surface area contributed by atoms with Crippen LogP contribution in [0.1, 0.15) is 18.1 Å². The molecule has 1 atom stereocenters. The van der Waals surface area contributed by atoms with E-state index in [-0.39, 0.29) is 11.9 Å². The van der Waals surface area contributed by atoms with Gasteiger partial charge in [-0.3, -0.25) is 4.79 Å². The van der Waals surface area contributed by atoms with Crippen molar-refractivity contribution in [3.8, 4) is 11.5 Å². The van der Waals surface area contributed by atoms with Crippen molar-refractivity contribution in [1.82, 2.24) is 5.32 Å². The molecular weight excluding hydrogens is 316 g/mol. The van der Waals surface area contributed by atoms with Gasteiger partial charge in [-0.25, -0.2) is 0 Å². The van der Waals surface area contributed by atoms with E-state index in [0.29, 0.717) is 18.0 Å². The molecule has 5 nitrogen and oxygen atoms in total. The maximum Gasteiger partial charge on any atom is 0.242 e. The Morgan fingerprint density at radius 3 is 2.68 bits per heavy atom. The molecule has 0 saturated heterocycles. The molecule has 0 radical (unpaired) electrons. The second kappa shape index (κ2) is 7.47. The van der Waals surface area contributed by atoms with Crippen LogP contribution >= 0.6 is 0 Å². The molecule has 2 aromatic carbocycles. The van der Waals surface area contributed by atoms with Gasteiger partial charge < -0.3 is 19.7 Å². The first-order chi connectivity index (χ1) is 12.1. The van der Waals surface area contributed by atoms with Gasteiger partial charge in [0.2, 0.25) is 5.91 Å². The van der Waals surface area contributed by atoms with Crippen LogP contribution < -0.4 is 19.7 Å². The summed E-state index contributed by atoms with van der Waals surface area (Å²) >= 11 is 0. The maximum absolute atomic E-state index is 12.6. The van der Waals surface area contributed by atoms with Crippen molar-refractivity contribution >= 4 is 11.6 Å². The summed E-state index contributed by atoms with van der Waals surface area (Å²) in [6, 6.07) is 13.7. The summed E-state index contributed by atoms with van der Waals surface area (Å²) in [5, 5.41) is 3.02. The van der Waals surface area contributed by atoms with Gasteiger partial charge in [0, 0.05) is 18.8 Å². The largest absolute Gasteiger partial charge is 0.493 e. The van der Waals surface area contributed by atoms with E-state index < -0.39 is 0 Å². The van der Waals surface area contributed by atoms with Gasteiger partial charge in [0.15, 0.2) is 11.5 Å². The van der Waals surface area contributed by atoms with E-state index in [1.54, 1.807) is 14.2 Å². The molecule has 1 heterocycles. The Hall–Kier alpha value is -2.69. The first-order valence-electron chi connectivity index (χ1n) is 8.47. The van der Waals surface area contributed by atoms with Gasteiger partial charge in [0.25, 0.3) is 0 Å². The van der Waals surface area contributed by atoms with E-state index in [9.17, 15) is 4.79 Å². The van der Waals surface area contributed by atoms with Gasteiger partial charge in [-0.05, 0) is 42.7 Å². The van der Waals surface area contributed by atoms with E-state index in [2.05, 4.69) is 22.3 Å². The Morgan fingerprint density at radius 2 is 1.92 bits per heavy atom. The number of carbonyl (C=O) groups is 1. The fraction of sp³-hybridized carbons (Fsp3) is 0.350. The van der Waals surface area contributed by atoms with Crippen LogP contribution in [-0.2, 0) is 17.8 Å². The fourth-order valence-corrected chi connectivity index (χ4v) is 3.24. The molecule has 0 fully saturated rings. The molecular formula is C20H24N2O3. The highest BCUT2D eigenvalue weighted by molar-refractivity contribution is 5.85. The average molecular weight is 340 g/mol. The zero-order valence-corrected chi connectivity index (χ0v) is 14.9. The number of rotatable bonds is 6. The first-order valence-corrected chi connectivity index (χ1v) is 8.47. The number of nitrogens with zero attached hydrogens (tertiary/aromatic N) is 1. The zero-order chi connectivity index (χ0) is 17.8. The molecule has 1 aliphatic rings. The smallest absolute Gasteiger partial charge is 0.242 e. The SMILES string of the molecule is COc1ccc(CNC(=O)C(C)N2CCc3ccccc32)cc1OC. The summed E-state index contributed by atoms with van der Waals surface area (Å²) in [6.45, 7) is 3.29. The van der Waals surface area contributed by atoms with Gasteiger partial charge in [-0.15, -0.1) is 0 Å². The number of anilines is 1. The summed E-state index contributed by atoms with van der Waals surface area (Å²) in [6.07, 6.45) is 0.990. The van der Waals surface area contributed by atoms with E-state index >= 15 is 0 Å². The van der Waals surface area contributed by atoms with Gasteiger partial charge in [0.1, 0.15) is 6.04 Å². The van der Waals surface area contributed by atoms with Crippen LogP contribution in [0.2, 0.25) is 0 Å². The predicted octanol–water partition coefficient (Wildman–Crippen LogP) is 2.77. The Bertz CT molecular complexity index is 760. The Kier molecular flexibility index (Phi) is 5.12. The molecule has 132 valence electrons. The number of carbonyl (C=O) groups excluding carboxylic acids is 1. The second-order valence-corrected chi connectivity index (χ2v) is 6.16. The predicted molar refractivity (Wildman–Crippen MR) is 98.3 cm³/mol. The van der Waals surface area contributed by atoms with Crippen molar-refractivity contribution < 1.29 is 14.3 Å². The lowest BCUT2D eigenvalue weighted by atomic mass is 10.1. The van der Waals surface area contributed by atoms with Gasteiger partial charge in [-0.2, -0.15) is 0 Å². The molecule has 0 bridgehead atoms. The summed E-state index contributed by atoms with van der Waals surface area (Å²) < 4.78 is 10.5. The topological polar surface area (TPSA) is 50.8 Å². The van der Waals surface area contributed by atoms with E-state index in [1.807, 2.05) is 37.3 Å². The minimum Gasteiger partial charge on any atom is -0.493 e. The monoisotopic (exact) mass is 340 g/mol. The van der Waals surface area contributed by atoms with E-state index in [0.717, 1.165) is 24.2 Å². The van der Waals surface area contributed by atoms with Crippen molar-refractivity contribution in [3.63, 3.8) is 0 Å². The number of hydrogen-bond acceptors (Lipinski definition) is 4. The van der Waals surface area contributed by atoms with E-state index in [1.165, 1.54) is 5.56 Å². The number of nitrogens with one attached hydrogen (secondary N) is 1. The second-order valence-electron chi connectivity index (χ2n) is 6.16. The fourth-order valence-electron chi connectivity index (χ4n) is 3.24. The number of benzene rings is 2. The normalized spacial score (nSPS) is 14.0. The number of ether oxygens (including phenoxy) is 2. The molecule has 0 spiro atoms. The average Bonchev–Trinajstić information content (AvgIpc) is 3.09. The molecule has 1 aliphatic heterocycles. The molecule has 0 aromatic heterocycles. The van der Waals surface area contributed by atoms with Gasteiger partial charge in [-0.1, -0.05) is 24.3 Å². The van der Waals surface area contributed by atoms with Gasteiger partial charge >= 0.3 is 0 Å². The third-order valence-electron chi connectivity index (χ3n) is 4.68. The van der Waals surface area contributed by atoms with Crippen molar-refractivity contribution in [2.24, 2.45) is 0 Å². The van der Waals surface area contributed by atoms with E-state index in [4.69, 9.17) is 9.47 Å². The van der Waals surface area contributed by atoms with Gasteiger partial charge in [0.05, 0.1) is 14.2 Å². The lowest BCUT2D eigenvalue weighted by molar-refractivity contribution is -0.122. The van der Waals surface area contributed by atoms with Crippen LogP contribution in [0.15, 0.2) is 42.5 Å². The third kappa shape index (κ3) is 3.55. The molecule has 1 N–H and O–H groups in total. The zero-order valence-electron chi connectivity index (χ0n) is 14.9. The Balaban J connectivity index is 1.63. The van der Waals surface area contributed by atoms with Crippen LogP contribution in [0.4, 0.5) is 5.69 Å². The number of para-hydroxylation sites is 1. The summed E-state index contributed by atoms with van der Waals surface area (Å²) in [4.78, 5) is 14.7. The number of hydrogen-bond donors (Lipinski definition) is 1. The number of methoxy groups -OCH3 is 2. The molecule has 0 saturated carbocycles. The minimum atomic E-state index is -0.205. The van der Waals surface area contributed by atoms with Crippen molar-refractivity contribution in [3.05, 3.63) is 53.6 Å². The van der Waals surface area contributed by atoms with Crippen molar-refractivity contribution in [1.29, 1.82) is 0 Å². The van der Waals surface area contributed by atoms with Crippen LogP contribution in [-0.4, -0.2) is 32.7 Å².